The summed E-state index contributed by atoms with van der Waals surface area (Å²) in [6.07, 6.45) is 0.805. The SMILES string of the molecule is CC1(C)OB(C(F)=Cc2c(F)ccc(-c3ccccc3)c2F)OC1(C)C. The third-order valence-electron chi connectivity index (χ3n) is 4.97. The van der Waals surface area contributed by atoms with Gasteiger partial charge in [-0.1, -0.05) is 30.3 Å². The van der Waals surface area contributed by atoms with Gasteiger partial charge in [0.15, 0.2) is 0 Å². The van der Waals surface area contributed by atoms with Crippen molar-refractivity contribution in [3.63, 3.8) is 0 Å². The number of halogens is 3. The summed E-state index contributed by atoms with van der Waals surface area (Å²) in [4.78, 5) is 0. The lowest BCUT2D eigenvalue weighted by Crippen LogP contribution is -2.41. The third kappa shape index (κ3) is 3.31. The van der Waals surface area contributed by atoms with Crippen molar-refractivity contribution in [2.75, 3.05) is 0 Å². The third-order valence-corrected chi connectivity index (χ3v) is 4.97. The van der Waals surface area contributed by atoms with Gasteiger partial charge >= 0.3 is 7.12 Å². The zero-order valence-corrected chi connectivity index (χ0v) is 15.1. The molecule has 2 aromatic carbocycles. The Bertz CT molecular complexity index is 832. The van der Waals surface area contributed by atoms with Crippen molar-refractivity contribution in [2.24, 2.45) is 0 Å². The molecule has 0 radical (unpaired) electrons. The molecule has 0 saturated carbocycles. The molecule has 3 rings (SSSR count). The molecule has 1 aliphatic rings. The van der Waals surface area contributed by atoms with E-state index in [1.165, 1.54) is 6.07 Å². The molecule has 0 spiro atoms. The van der Waals surface area contributed by atoms with Gasteiger partial charge < -0.3 is 9.31 Å². The maximum Gasteiger partial charge on any atom is 0.525 e. The van der Waals surface area contributed by atoms with E-state index < -0.39 is 41.2 Å². The average molecular weight is 360 g/mol. The Morgan fingerprint density at radius 2 is 1.50 bits per heavy atom. The molecule has 6 heteroatoms. The molecule has 1 fully saturated rings. The fourth-order valence-electron chi connectivity index (χ4n) is 2.70. The topological polar surface area (TPSA) is 18.5 Å². The number of hydrogen-bond acceptors (Lipinski definition) is 2. The van der Waals surface area contributed by atoms with Crippen molar-refractivity contribution in [3.8, 4) is 11.1 Å². The molecule has 0 aliphatic carbocycles. The van der Waals surface area contributed by atoms with Crippen LogP contribution in [0.3, 0.4) is 0 Å². The van der Waals surface area contributed by atoms with Gasteiger partial charge in [-0.2, -0.15) is 0 Å². The van der Waals surface area contributed by atoms with Crippen LogP contribution >= 0.6 is 0 Å². The molecule has 0 N–H and O–H groups in total. The van der Waals surface area contributed by atoms with Crippen LogP contribution in [0.15, 0.2) is 48.2 Å². The van der Waals surface area contributed by atoms with E-state index in [1.54, 1.807) is 58.0 Å². The van der Waals surface area contributed by atoms with E-state index in [0.717, 1.165) is 12.1 Å². The van der Waals surface area contributed by atoms with Crippen LogP contribution in [0.4, 0.5) is 13.2 Å². The fourth-order valence-corrected chi connectivity index (χ4v) is 2.70. The number of benzene rings is 2. The minimum Gasteiger partial charge on any atom is -0.398 e. The molecule has 1 aliphatic heterocycles. The Kier molecular flexibility index (Phi) is 4.75. The summed E-state index contributed by atoms with van der Waals surface area (Å²) in [7, 11) is -1.31. The van der Waals surface area contributed by atoms with E-state index in [2.05, 4.69) is 0 Å². The molecular formula is C20H20BF3O2. The van der Waals surface area contributed by atoms with Gasteiger partial charge in [0.05, 0.1) is 11.2 Å². The lowest BCUT2D eigenvalue weighted by atomic mass is 9.86. The molecule has 2 nitrogen and oxygen atoms in total. The van der Waals surface area contributed by atoms with Crippen molar-refractivity contribution in [1.82, 2.24) is 0 Å². The van der Waals surface area contributed by atoms with Crippen molar-refractivity contribution in [2.45, 2.75) is 38.9 Å². The van der Waals surface area contributed by atoms with Crippen molar-refractivity contribution < 1.29 is 22.5 Å². The van der Waals surface area contributed by atoms with Gasteiger partial charge in [0.25, 0.3) is 0 Å². The molecule has 0 amide bonds. The van der Waals surface area contributed by atoms with Gasteiger partial charge in [-0.15, -0.1) is 0 Å². The van der Waals surface area contributed by atoms with Crippen LogP contribution in [-0.4, -0.2) is 18.3 Å². The Morgan fingerprint density at radius 1 is 0.923 bits per heavy atom. The molecule has 26 heavy (non-hydrogen) atoms. The van der Waals surface area contributed by atoms with Gasteiger partial charge in [0.1, 0.15) is 17.4 Å². The summed E-state index contributed by atoms with van der Waals surface area (Å²) in [6, 6.07) is 11.2. The largest absolute Gasteiger partial charge is 0.525 e. The molecule has 2 aromatic rings. The average Bonchev–Trinajstić information content (AvgIpc) is 2.80. The molecule has 0 atom stereocenters. The highest BCUT2D eigenvalue weighted by Crippen LogP contribution is 2.39. The van der Waals surface area contributed by atoms with Crippen molar-refractivity contribution in [3.05, 3.63) is 65.4 Å². The van der Waals surface area contributed by atoms with E-state index in [9.17, 15) is 13.2 Å². The number of rotatable bonds is 3. The quantitative estimate of drug-likeness (QED) is 0.666. The first-order chi connectivity index (χ1) is 12.1. The van der Waals surface area contributed by atoms with Crippen LogP contribution in [0, 0.1) is 11.6 Å². The minimum atomic E-state index is -1.31. The predicted octanol–water partition coefficient (Wildman–Crippen LogP) is 5.57. The van der Waals surface area contributed by atoms with Crippen LogP contribution < -0.4 is 0 Å². The van der Waals surface area contributed by atoms with Crippen LogP contribution in [0.25, 0.3) is 17.2 Å². The second-order valence-corrected chi connectivity index (χ2v) is 7.31. The Hall–Kier alpha value is -2.05. The first-order valence-electron chi connectivity index (χ1n) is 8.38. The van der Waals surface area contributed by atoms with Crippen molar-refractivity contribution in [1.29, 1.82) is 0 Å². The van der Waals surface area contributed by atoms with E-state index in [-0.39, 0.29) is 5.56 Å². The first kappa shape index (κ1) is 18.7. The molecule has 136 valence electrons. The minimum absolute atomic E-state index is 0.194. The Labute approximate surface area is 151 Å². The van der Waals surface area contributed by atoms with Crippen LogP contribution in [-0.2, 0) is 9.31 Å². The Balaban J connectivity index is 1.99. The molecule has 0 bridgehead atoms. The molecule has 0 aromatic heterocycles. The van der Waals surface area contributed by atoms with E-state index in [0.29, 0.717) is 5.56 Å². The normalized spacial score (nSPS) is 19.0. The summed E-state index contributed by atoms with van der Waals surface area (Å²) in [5, 5.41) is 0. The standard InChI is InChI=1S/C20H20BF3O2/c1-19(2)20(3,4)26-21(25-19)17(23)12-15-16(22)11-10-14(18(15)24)13-8-6-5-7-9-13/h5-12H,1-4H3. The Morgan fingerprint density at radius 3 is 2.08 bits per heavy atom. The van der Waals surface area contributed by atoms with Gasteiger partial charge in [-0.3, -0.25) is 0 Å². The summed E-state index contributed by atoms with van der Waals surface area (Å²) >= 11 is 0. The molecule has 0 unspecified atom stereocenters. The van der Waals surface area contributed by atoms with E-state index in [1.807, 2.05) is 0 Å². The zero-order valence-electron chi connectivity index (χ0n) is 15.1. The van der Waals surface area contributed by atoms with Crippen molar-refractivity contribution >= 4 is 13.2 Å². The monoisotopic (exact) mass is 360 g/mol. The van der Waals surface area contributed by atoms with Gasteiger partial charge in [-0.25, -0.2) is 13.2 Å². The van der Waals surface area contributed by atoms with E-state index >= 15 is 0 Å². The van der Waals surface area contributed by atoms with Gasteiger partial charge in [-0.05, 0) is 51.5 Å². The summed E-state index contributed by atoms with van der Waals surface area (Å²) in [6.45, 7) is 7.10. The maximum absolute atomic E-state index is 14.8. The molecule has 1 heterocycles. The smallest absolute Gasteiger partial charge is 0.398 e. The first-order valence-corrected chi connectivity index (χ1v) is 8.38. The molecular weight excluding hydrogens is 340 g/mol. The highest BCUT2D eigenvalue weighted by Gasteiger charge is 2.53. The van der Waals surface area contributed by atoms with Crippen LogP contribution in [0.1, 0.15) is 33.3 Å². The highest BCUT2D eigenvalue weighted by molar-refractivity contribution is 6.54. The lowest BCUT2D eigenvalue weighted by Gasteiger charge is -2.32. The predicted molar refractivity (Wildman–Crippen MR) is 97.0 cm³/mol. The molecule has 1 saturated heterocycles. The van der Waals surface area contributed by atoms with Gasteiger partial charge in [0, 0.05) is 11.1 Å². The zero-order chi connectivity index (χ0) is 19.1. The fraction of sp³-hybridized carbons (Fsp3) is 0.300. The maximum atomic E-state index is 14.8. The van der Waals surface area contributed by atoms with Gasteiger partial charge in [0.2, 0.25) is 0 Å². The summed E-state index contributed by atoms with van der Waals surface area (Å²) in [5.41, 5.74) is -2.06. The highest BCUT2D eigenvalue weighted by atomic mass is 19.1. The second kappa shape index (κ2) is 6.60. The van der Waals surface area contributed by atoms with Crippen LogP contribution in [0.2, 0.25) is 0 Å². The lowest BCUT2D eigenvalue weighted by molar-refractivity contribution is 0.00578. The number of hydrogen-bond donors (Lipinski definition) is 0. The van der Waals surface area contributed by atoms with Crippen LogP contribution in [0.5, 0.6) is 0 Å². The summed E-state index contributed by atoms with van der Waals surface area (Å²) < 4.78 is 54.8. The van der Waals surface area contributed by atoms with E-state index in [4.69, 9.17) is 9.31 Å². The summed E-state index contributed by atoms with van der Waals surface area (Å²) in [5.74, 6) is -1.68. The second-order valence-electron chi connectivity index (χ2n) is 7.31.